The van der Waals surface area contributed by atoms with Crippen LogP contribution in [0.2, 0.25) is 0 Å². The van der Waals surface area contributed by atoms with Crippen LogP contribution in [-0.2, 0) is 48.9 Å². The summed E-state index contributed by atoms with van der Waals surface area (Å²) in [6.07, 6.45) is 7.92. The fraction of sp³-hybridized carbons (Fsp3) is 0.388. The topological polar surface area (TPSA) is 389 Å². The number of thioether (sulfide) groups is 1. The van der Waals surface area contributed by atoms with Crippen LogP contribution in [0.3, 0.4) is 0 Å². The van der Waals surface area contributed by atoms with Gasteiger partial charge >= 0.3 is 0 Å². The average molecular weight is 1510 g/mol. The van der Waals surface area contributed by atoms with Gasteiger partial charge in [0.2, 0.25) is 22.2 Å². The second-order valence-corrected chi connectivity index (χ2v) is 29.6. The van der Waals surface area contributed by atoms with Crippen LogP contribution in [0.5, 0.6) is 11.5 Å². The van der Waals surface area contributed by atoms with Crippen molar-refractivity contribution in [3.63, 3.8) is 0 Å². The van der Waals surface area contributed by atoms with Gasteiger partial charge in [0.25, 0.3) is 32.1 Å². The lowest BCUT2D eigenvalue weighted by molar-refractivity contribution is -0.120. The maximum Gasteiger partial charge on any atom is 0.294 e. The maximum atomic E-state index is 13.9. The molecule has 10 rings (SSSR count). The maximum absolute atomic E-state index is 13.9. The molecule has 5 heterocycles. The first kappa shape index (κ1) is 76.2. The third-order valence-electron chi connectivity index (χ3n) is 16.7. The van der Waals surface area contributed by atoms with Crippen molar-refractivity contribution in [3.05, 3.63) is 93.7 Å². The number of ketones is 2. The minimum atomic E-state index is -4.61. The molecule has 2 saturated heterocycles. The molecule has 0 atom stereocenters. The third kappa shape index (κ3) is 19.7. The number of amides is 2. The Labute approximate surface area is 608 Å². The Morgan fingerprint density at radius 2 is 1.00 bits per heavy atom. The van der Waals surface area contributed by atoms with E-state index in [2.05, 4.69) is 31.1 Å². The van der Waals surface area contributed by atoms with E-state index >= 15 is 0 Å². The Balaban J connectivity index is 1.04. The number of carbonyl (C=O) groups is 4. The summed E-state index contributed by atoms with van der Waals surface area (Å²) in [5.74, 6) is -0.835. The zero-order valence-corrected chi connectivity index (χ0v) is 61.9. The quantitative estimate of drug-likeness (QED) is 0.00800. The zero-order valence-electron chi connectivity index (χ0n) is 57.8. The van der Waals surface area contributed by atoms with Crippen molar-refractivity contribution < 1.29 is 64.1 Å². The van der Waals surface area contributed by atoms with Crippen molar-refractivity contribution in [2.45, 2.75) is 93.8 Å². The largest absolute Gasteiger partial charge is 0.494 e. The number of morpholine rings is 2. The Kier molecular flexibility index (Phi) is 25.7. The fourth-order valence-electron chi connectivity index (χ4n) is 11.4. The van der Waals surface area contributed by atoms with Crippen LogP contribution in [-0.4, -0.2) is 172 Å². The molecule has 36 heteroatoms. The number of azo groups is 2. The van der Waals surface area contributed by atoms with E-state index in [-0.39, 0.29) is 61.3 Å². The van der Waals surface area contributed by atoms with Crippen molar-refractivity contribution in [1.29, 1.82) is 0 Å². The number of aromatic nitrogens is 5. The third-order valence-corrected chi connectivity index (χ3v) is 21.3. The van der Waals surface area contributed by atoms with Gasteiger partial charge in [0.1, 0.15) is 34.5 Å². The lowest BCUT2D eigenvalue weighted by atomic mass is 10.0. The average Bonchev–Trinajstić information content (AvgIpc) is 1.36. The molecule has 7 aromatic rings. The number of methoxy groups -OCH3 is 2. The normalized spacial score (nSPS) is 15.0. The molecule has 103 heavy (non-hydrogen) atoms. The van der Waals surface area contributed by atoms with E-state index in [4.69, 9.17) is 64.3 Å². The number of carbonyl (C=O) groups excluding carboxylic acids is 4. The van der Waals surface area contributed by atoms with Crippen LogP contribution >= 0.6 is 34.4 Å². The highest BCUT2D eigenvalue weighted by atomic mass is 32.2. The Morgan fingerprint density at radius 1 is 0.592 bits per heavy atom. The fourth-order valence-corrected chi connectivity index (χ4v) is 15.3. The Hall–Kier alpha value is -9.40. The molecule has 0 radical (unpaired) electrons. The first-order valence-electron chi connectivity index (χ1n) is 33.1. The standard InChI is InChI=1S/C67H79N17O14S5/c1-9-81(10-2)53-36-49(51(38-55(53)95-7)77-79-66-72-59(83-24-28-97-29-25-83)57(100-66)34-47(40(5)85)61(87)68-42-18-16-22-45(32-42)102(89,90)91)70-63-74-64(76-65(75-63)99-44-20-14-13-15-21-44)71-50-37-54(82(11-3)12-4)56(96-8)39-52(50)78-80-67-73-60(84-26-30-98-31-27-84)58(101-67)35-48(41(6)86)62(88)69-43-19-17-23-46(33-43)103(92,93)94/h16-19,22-23,32-39,44H,9-15,20-21,24-31H2,1-8H3,(H,68,87)(H,69,88)(H,89,90,91)(H,92,93,94)(H2,70,71,74,75,76)/b47-34-,48-35+,79-77?,80-78?. The van der Waals surface area contributed by atoms with E-state index in [9.17, 15) is 45.1 Å². The molecule has 2 amide bonds. The van der Waals surface area contributed by atoms with E-state index < -0.39 is 53.4 Å². The van der Waals surface area contributed by atoms with E-state index in [0.29, 0.717) is 128 Å². The molecule has 3 fully saturated rings. The lowest BCUT2D eigenvalue weighted by Gasteiger charge is -2.27. The predicted octanol–water partition coefficient (Wildman–Crippen LogP) is 12.6. The number of ether oxygens (including phenoxy) is 4. The molecule has 0 bridgehead atoms. The van der Waals surface area contributed by atoms with Crippen LogP contribution in [0.25, 0.3) is 12.2 Å². The van der Waals surface area contributed by atoms with Crippen molar-refractivity contribution in [2.75, 3.05) is 134 Å². The van der Waals surface area contributed by atoms with Gasteiger partial charge in [0.05, 0.1) is 94.1 Å². The van der Waals surface area contributed by atoms with Crippen LogP contribution in [0.4, 0.5) is 79.3 Å². The predicted molar refractivity (Wildman–Crippen MR) is 398 cm³/mol. The second-order valence-electron chi connectivity index (χ2n) is 23.4. The Bertz CT molecular complexity index is 4360. The first-order valence-corrected chi connectivity index (χ1v) is 38.5. The van der Waals surface area contributed by atoms with Crippen LogP contribution < -0.4 is 50.3 Å². The van der Waals surface area contributed by atoms with Gasteiger partial charge in [-0.25, -0.2) is 0 Å². The summed E-state index contributed by atoms with van der Waals surface area (Å²) in [5.41, 5.74) is 2.33. The molecule has 4 aromatic carbocycles. The molecule has 0 unspecified atom stereocenters. The molecule has 2 aliphatic heterocycles. The number of rotatable bonds is 30. The van der Waals surface area contributed by atoms with Gasteiger partial charge in [-0.05, 0) is 115 Å². The number of anilines is 10. The molecule has 3 aromatic heterocycles. The van der Waals surface area contributed by atoms with Gasteiger partial charge in [-0.15, -0.1) is 20.5 Å². The van der Waals surface area contributed by atoms with Crippen molar-refractivity contribution in [1.82, 2.24) is 24.9 Å². The van der Waals surface area contributed by atoms with Crippen LogP contribution in [0.1, 0.15) is 83.4 Å². The molecular formula is C67H79N17O14S5. The monoisotopic (exact) mass is 1510 g/mol. The molecule has 546 valence electrons. The van der Waals surface area contributed by atoms with Crippen LogP contribution in [0.15, 0.2) is 119 Å². The highest BCUT2D eigenvalue weighted by Gasteiger charge is 2.28. The highest BCUT2D eigenvalue weighted by molar-refractivity contribution is 7.99. The van der Waals surface area contributed by atoms with E-state index in [1.807, 2.05) is 49.6 Å². The van der Waals surface area contributed by atoms with Gasteiger partial charge in [0, 0.05) is 81.1 Å². The number of nitrogens with one attached hydrogen (secondary N) is 4. The molecular weight excluding hydrogens is 1430 g/mol. The molecule has 1 saturated carbocycles. The first-order chi connectivity index (χ1) is 49.4. The smallest absolute Gasteiger partial charge is 0.294 e. The SMILES string of the molecule is CCN(CC)c1cc(Nc2nc(Nc3cc(N(CC)CC)c(OC)cc3N=Nc3nc(N4CCOCC4)c(/C=C(\C(C)=O)C(=O)Nc4cccc(S(=O)(=O)O)c4)s3)nc(SC3CCCCC3)n2)c(N=Nc2nc(N3CCOCC3)c(/C=C(/C(C)=O)C(=O)Nc3cccc(S(=O)(=O)O)c3)s2)cc1OC. The lowest BCUT2D eigenvalue weighted by Crippen LogP contribution is -2.36. The van der Waals surface area contributed by atoms with Gasteiger partial charge in [-0.1, -0.05) is 65.8 Å². The van der Waals surface area contributed by atoms with Gasteiger partial charge in [-0.2, -0.15) is 41.8 Å². The van der Waals surface area contributed by atoms with Crippen molar-refractivity contribution >= 4 is 169 Å². The number of nitrogens with zero attached hydrogens (tertiary/aromatic N) is 13. The van der Waals surface area contributed by atoms with E-state index in [1.165, 1.54) is 50.3 Å². The molecule has 0 spiro atoms. The highest BCUT2D eigenvalue weighted by Crippen LogP contribution is 2.45. The molecule has 3 aliphatic rings. The number of thiazole rings is 2. The number of hydrogen-bond donors (Lipinski definition) is 6. The summed E-state index contributed by atoms with van der Waals surface area (Å²) in [6.45, 7) is 16.2. The van der Waals surface area contributed by atoms with Gasteiger partial charge < -0.3 is 59.8 Å². The summed E-state index contributed by atoms with van der Waals surface area (Å²) in [5, 5.41) is 32.0. The van der Waals surface area contributed by atoms with Crippen molar-refractivity contribution in [3.8, 4) is 11.5 Å². The minimum Gasteiger partial charge on any atom is -0.494 e. The van der Waals surface area contributed by atoms with Crippen LogP contribution in [0, 0.1) is 0 Å². The molecule has 6 N–H and O–H groups in total. The van der Waals surface area contributed by atoms with Gasteiger partial charge in [0.15, 0.2) is 16.7 Å². The zero-order chi connectivity index (χ0) is 73.5. The summed E-state index contributed by atoms with van der Waals surface area (Å²) >= 11 is 3.68. The summed E-state index contributed by atoms with van der Waals surface area (Å²) in [6, 6.07) is 17.2. The van der Waals surface area contributed by atoms with E-state index in [0.717, 1.165) is 90.4 Å². The van der Waals surface area contributed by atoms with E-state index in [1.54, 1.807) is 38.1 Å². The summed E-state index contributed by atoms with van der Waals surface area (Å²) in [4.78, 5) is 87.2. The number of hydrogen-bond acceptors (Lipinski definition) is 30. The minimum absolute atomic E-state index is 0.0217. The number of benzene rings is 4. The Morgan fingerprint density at radius 3 is 1.37 bits per heavy atom. The summed E-state index contributed by atoms with van der Waals surface area (Å²) in [7, 11) is -6.10. The summed E-state index contributed by atoms with van der Waals surface area (Å²) < 4.78 is 90.5. The molecule has 1 aliphatic carbocycles. The van der Waals surface area contributed by atoms with Gasteiger partial charge in [-0.3, -0.25) is 28.3 Å². The van der Waals surface area contributed by atoms with Crippen molar-refractivity contribution in [2.24, 2.45) is 20.5 Å². The molecule has 31 nitrogen and oxygen atoms in total. The second kappa shape index (κ2) is 34.7. The number of Topliss-reactive ketones (excluding diaryl/α,β-unsaturated/α-hetero) is 2.